The molecule has 2 atom stereocenters. The number of halogens is 6. The number of carbonyl (C=O) groups is 1. The molecular formula is C15H12F6N2O3. The third-order valence-electron chi connectivity index (χ3n) is 4.06. The van der Waals surface area contributed by atoms with Crippen LogP contribution in [0.5, 0.6) is 0 Å². The van der Waals surface area contributed by atoms with Crippen molar-refractivity contribution in [2.24, 2.45) is 0 Å². The van der Waals surface area contributed by atoms with E-state index in [4.69, 9.17) is 15.1 Å². The Hall–Kier alpha value is -2.48. The molecule has 26 heavy (non-hydrogen) atoms. The Bertz CT molecular complexity index is 755. The molecule has 0 spiro atoms. The average molecular weight is 382 g/mol. The molecular weight excluding hydrogens is 370 g/mol. The molecule has 0 saturated carbocycles. The second kappa shape index (κ2) is 6.35. The Labute approximate surface area is 143 Å². The Morgan fingerprint density at radius 2 is 2.00 bits per heavy atom. The maximum absolute atomic E-state index is 13.6. The van der Waals surface area contributed by atoms with E-state index in [1.807, 2.05) is 0 Å². The van der Waals surface area contributed by atoms with E-state index in [9.17, 15) is 31.1 Å². The summed E-state index contributed by atoms with van der Waals surface area (Å²) in [4.78, 5) is 11.5. The van der Waals surface area contributed by atoms with Crippen molar-refractivity contribution in [3.8, 4) is 6.07 Å². The average Bonchev–Trinajstić information content (AvgIpc) is 2.94. The largest absolute Gasteiger partial charge is 0.479 e. The van der Waals surface area contributed by atoms with Crippen LogP contribution in [0.4, 0.5) is 32.0 Å². The van der Waals surface area contributed by atoms with Crippen LogP contribution in [0.2, 0.25) is 0 Å². The van der Waals surface area contributed by atoms with E-state index in [-0.39, 0.29) is 0 Å². The van der Waals surface area contributed by atoms with Gasteiger partial charge in [0.15, 0.2) is 6.10 Å². The van der Waals surface area contributed by atoms with Gasteiger partial charge in [-0.15, -0.1) is 0 Å². The summed E-state index contributed by atoms with van der Waals surface area (Å²) in [5.41, 5.74) is -5.81. The van der Waals surface area contributed by atoms with Gasteiger partial charge in [0.05, 0.1) is 23.7 Å². The van der Waals surface area contributed by atoms with Crippen molar-refractivity contribution < 1.29 is 41.0 Å². The van der Waals surface area contributed by atoms with Crippen LogP contribution in [-0.2, 0) is 15.7 Å². The van der Waals surface area contributed by atoms with Gasteiger partial charge in [-0.25, -0.2) is 4.79 Å². The van der Waals surface area contributed by atoms with Crippen LogP contribution < -0.4 is 4.90 Å². The zero-order chi connectivity index (χ0) is 19.9. The molecule has 0 aliphatic carbocycles. The number of hydrogen-bond acceptors (Lipinski definition) is 4. The fourth-order valence-electron chi connectivity index (χ4n) is 2.82. The van der Waals surface area contributed by atoms with E-state index >= 15 is 0 Å². The quantitative estimate of drug-likeness (QED) is 0.810. The maximum Gasteiger partial charge on any atom is 0.436 e. The van der Waals surface area contributed by atoms with E-state index < -0.39 is 59.9 Å². The number of benzene rings is 1. The summed E-state index contributed by atoms with van der Waals surface area (Å²) in [5.74, 6) is -1.67. The van der Waals surface area contributed by atoms with Crippen molar-refractivity contribution in [3.05, 3.63) is 29.3 Å². The number of nitriles is 1. The van der Waals surface area contributed by atoms with Gasteiger partial charge in [0.25, 0.3) is 0 Å². The number of alkyl halides is 6. The van der Waals surface area contributed by atoms with E-state index in [1.165, 1.54) is 6.07 Å². The highest BCUT2D eigenvalue weighted by atomic mass is 19.4. The number of aliphatic carboxylic acids is 1. The zero-order valence-electron chi connectivity index (χ0n) is 13.1. The molecule has 1 heterocycles. The van der Waals surface area contributed by atoms with Crippen molar-refractivity contribution in [2.75, 3.05) is 11.4 Å². The lowest BCUT2D eigenvalue weighted by atomic mass is 10.0. The molecule has 0 unspecified atom stereocenters. The number of anilines is 1. The van der Waals surface area contributed by atoms with Crippen LogP contribution in [0.25, 0.3) is 0 Å². The van der Waals surface area contributed by atoms with Gasteiger partial charge in [0, 0.05) is 12.1 Å². The Kier molecular flexibility index (Phi) is 4.85. The predicted molar refractivity (Wildman–Crippen MR) is 75.1 cm³/mol. The number of rotatable bonds is 3. The monoisotopic (exact) mass is 382 g/mol. The van der Waals surface area contributed by atoms with Gasteiger partial charge in [-0.2, -0.15) is 31.6 Å². The minimum absolute atomic E-state index is 0.391. The van der Waals surface area contributed by atoms with Gasteiger partial charge in [-0.05, 0) is 18.2 Å². The molecule has 1 aromatic carbocycles. The minimum atomic E-state index is -5.07. The zero-order valence-corrected chi connectivity index (χ0v) is 13.1. The topological polar surface area (TPSA) is 73.6 Å². The number of carboxylic acid groups (broad SMARTS) is 1. The van der Waals surface area contributed by atoms with Gasteiger partial charge in [-0.1, -0.05) is 6.92 Å². The Balaban J connectivity index is 2.64. The molecule has 1 aliphatic heterocycles. The molecule has 0 amide bonds. The molecule has 2 rings (SSSR count). The maximum atomic E-state index is 13.6. The molecule has 11 heteroatoms. The van der Waals surface area contributed by atoms with E-state index in [0.717, 1.165) is 19.1 Å². The van der Waals surface area contributed by atoms with Crippen LogP contribution in [0, 0.1) is 11.3 Å². The lowest BCUT2D eigenvalue weighted by molar-refractivity contribution is -0.270. The van der Waals surface area contributed by atoms with Crippen molar-refractivity contribution in [3.63, 3.8) is 0 Å². The number of carboxylic acids is 1. The second-order valence-corrected chi connectivity index (χ2v) is 5.53. The summed E-state index contributed by atoms with van der Waals surface area (Å²) in [7, 11) is 0. The van der Waals surface area contributed by atoms with Crippen LogP contribution in [0.3, 0.4) is 0 Å². The first kappa shape index (κ1) is 19.8. The van der Waals surface area contributed by atoms with Gasteiger partial charge in [-0.3, -0.25) is 0 Å². The highest BCUT2D eigenvalue weighted by Gasteiger charge is 2.64. The first-order valence-corrected chi connectivity index (χ1v) is 7.23. The summed E-state index contributed by atoms with van der Waals surface area (Å²) in [5, 5.41) is 17.8. The van der Waals surface area contributed by atoms with Crippen molar-refractivity contribution in [1.82, 2.24) is 0 Å². The van der Waals surface area contributed by atoms with E-state index in [0.29, 0.717) is 11.0 Å². The molecule has 0 aromatic heterocycles. The number of nitrogens with zero attached hydrogens (tertiary/aromatic N) is 2. The lowest BCUT2D eigenvalue weighted by Crippen LogP contribution is -2.56. The third kappa shape index (κ3) is 3.16. The van der Waals surface area contributed by atoms with Crippen molar-refractivity contribution >= 4 is 11.7 Å². The van der Waals surface area contributed by atoms with Crippen molar-refractivity contribution in [1.29, 1.82) is 5.26 Å². The third-order valence-corrected chi connectivity index (χ3v) is 4.06. The van der Waals surface area contributed by atoms with Gasteiger partial charge >= 0.3 is 18.3 Å². The standard InChI is InChI=1S/C15H12F6N2O3/c1-2-13(15(19,20)21)23(7-11(26-13)12(24)25)9-4-3-8(6-22)10(5-9)14(16,17)18/h3-5,11H,2,7H2,1H3,(H,24,25)/t11-,13-/m0/s1. The van der Waals surface area contributed by atoms with Crippen LogP contribution in [0.1, 0.15) is 24.5 Å². The summed E-state index contributed by atoms with van der Waals surface area (Å²) in [6.07, 6.45) is -12.7. The smallest absolute Gasteiger partial charge is 0.436 e. The fraction of sp³-hybridized carbons (Fsp3) is 0.467. The Morgan fingerprint density at radius 3 is 2.42 bits per heavy atom. The summed E-state index contributed by atoms with van der Waals surface area (Å²) in [6.45, 7) is 0.283. The summed E-state index contributed by atoms with van der Waals surface area (Å²) in [6, 6.07) is 3.36. The first-order valence-electron chi connectivity index (χ1n) is 7.23. The van der Waals surface area contributed by atoms with Crippen molar-refractivity contribution in [2.45, 2.75) is 37.5 Å². The Morgan fingerprint density at radius 1 is 1.38 bits per heavy atom. The van der Waals surface area contributed by atoms with Crippen LogP contribution in [-0.4, -0.2) is 35.6 Å². The highest BCUT2D eigenvalue weighted by Crippen LogP contribution is 2.47. The molecule has 5 nitrogen and oxygen atoms in total. The van der Waals surface area contributed by atoms with E-state index in [1.54, 1.807) is 0 Å². The number of hydrogen-bond donors (Lipinski definition) is 1. The minimum Gasteiger partial charge on any atom is -0.479 e. The molecule has 1 fully saturated rings. The molecule has 1 saturated heterocycles. The molecule has 0 bridgehead atoms. The first-order chi connectivity index (χ1) is 11.9. The highest BCUT2D eigenvalue weighted by molar-refractivity contribution is 5.75. The van der Waals surface area contributed by atoms with E-state index in [2.05, 4.69) is 0 Å². The summed E-state index contributed by atoms with van der Waals surface area (Å²) >= 11 is 0. The number of ether oxygens (including phenoxy) is 1. The molecule has 142 valence electrons. The summed E-state index contributed by atoms with van der Waals surface area (Å²) < 4.78 is 84.9. The van der Waals surface area contributed by atoms with Gasteiger partial charge in [0.1, 0.15) is 0 Å². The van der Waals surface area contributed by atoms with Gasteiger partial charge in [0.2, 0.25) is 5.72 Å². The predicted octanol–water partition coefficient (Wildman–Crippen LogP) is 3.54. The van der Waals surface area contributed by atoms with Crippen LogP contribution >= 0.6 is 0 Å². The van der Waals surface area contributed by atoms with Gasteiger partial charge < -0.3 is 14.7 Å². The SMILES string of the molecule is CC[C@@]1(C(F)(F)F)O[C@H](C(=O)O)CN1c1ccc(C#N)c(C(F)(F)F)c1. The second-order valence-electron chi connectivity index (χ2n) is 5.53. The fourth-order valence-corrected chi connectivity index (χ4v) is 2.82. The molecule has 1 N–H and O–H groups in total. The molecule has 1 aliphatic rings. The normalized spacial score (nSPS) is 23.8. The molecule has 1 aromatic rings. The van der Waals surface area contributed by atoms with Crippen LogP contribution in [0.15, 0.2) is 18.2 Å². The molecule has 0 radical (unpaired) electrons. The lowest BCUT2D eigenvalue weighted by Gasteiger charge is -2.39.